The lowest BCUT2D eigenvalue weighted by atomic mass is 9.80. The fraction of sp³-hybridized carbons (Fsp3) is 0.444. The molecule has 2 heterocycles. The number of aromatic nitrogens is 2. The number of hydrogen-bond donors (Lipinski definition) is 1. The largest absolute Gasteiger partial charge is 0.311 e. The number of nitrogens with one attached hydrogen (secondary N) is 1. The van der Waals surface area contributed by atoms with E-state index in [2.05, 4.69) is 34.3 Å². The SMILES string of the molecule is CCc1cccnc1C(NC)C1CCCc2cccnc21. The molecule has 0 fully saturated rings. The highest BCUT2D eigenvalue weighted by Gasteiger charge is 2.30. The van der Waals surface area contributed by atoms with Gasteiger partial charge in [-0.2, -0.15) is 0 Å². The van der Waals surface area contributed by atoms with E-state index in [1.165, 1.54) is 35.4 Å². The second-order valence-electron chi connectivity index (χ2n) is 5.71. The molecule has 2 unspecified atom stereocenters. The molecule has 21 heavy (non-hydrogen) atoms. The van der Waals surface area contributed by atoms with Crippen molar-refractivity contribution in [3.8, 4) is 0 Å². The van der Waals surface area contributed by atoms with Gasteiger partial charge in [0.25, 0.3) is 0 Å². The van der Waals surface area contributed by atoms with Crippen molar-refractivity contribution in [3.63, 3.8) is 0 Å². The average Bonchev–Trinajstić information content (AvgIpc) is 2.56. The van der Waals surface area contributed by atoms with Gasteiger partial charge >= 0.3 is 0 Å². The topological polar surface area (TPSA) is 37.8 Å². The van der Waals surface area contributed by atoms with Crippen molar-refractivity contribution < 1.29 is 0 Å². The van der Waals surface area contributed by atoms with Crippen LogP contribution < -0.4 is 5.32 Å². The Hall–Kier alpha value is -1.74. The molecule has 0 saturated heterocycles. The molecule has 2 atom stereocenters. The van der Waals surface area contributed by atoms with Crippen molar-refractivity contribution in [2.75, 3.05) is 7.05 Å². The van der Waals surface area contributed by atoms with Gasteiger partial charge < -0.3 is 5.32 Å². The summed E-state index contributed by atoms with van der Waals surface area (Å²) in [4.78, 5) is 9.36. The normalized spacial score (nSPS) is 19.0. The van der Waals surface area contributed by atoms with Crippen molar-refractivity contribution in [2.45, 2.75) is 44.6 Å². The van der Waals surface area contributed by atoms with Gasteiger partial charge in [-0.05, 0) is 56.0 Å². The van der Waals surface area contributed by atoms with E-state index in [1.54, 1.807) is 0 Å². The molecular weight excluding hydrogens is 258 g/mol. The molecule has 1 aliphatic rings. The predicted octanol–water partition coefficient (Wildman–Crippen LogP) is 3.42. The Labute approximate surface area is 126 Å². The molecule has 110 valence electrons. The molecule has 0 spiro atoms. The van der Waals surface area contributed by atoms with Gasteiger partial charge in [-0.25, -0.2) is 0 Å². The van der Waals surface area contributed by atoms with E-state index in [0.29, 0.717) is 5.92 Å². The van der Waals surface area contributed by atoms with E-state index in [-0.39, 0.29) is 6.04 Å². The average molecular weight is 281 g/mol. The van der Waals surface area contributed by atoms with Crippen LogP contribution in [0, 0.1) is 0 Å². The van der Waals surface area contributed by atoms with Gasteiger partial charge in [-0.15, -0.1) is 0 Å². The van der Waals surface area contributed by atoms with Crippen LogP contribution in [0.15, 0.2) is 36.7 Å². The Morgan fingerprint density at radius 3 is 2.86 bits per heavy atom. The van der Waals surface area contributed by atoms with E-state index in [1.807, 2.05) is 31.6 Å². The second kappa shape index (κ2) is 6.35. The first kappa shape index (κ1) is 14.2. The number of nitrogens with zero attached hydrogens (tertiary/aromatic N) is 2. The number of fused-ring (bicyclic) bond motifs is 1. The number of pyridine rings is 2. The van der Waals surface area contributed by atoms with Crippen LogP contribution in [0.5, 0.6) is 0 Å². The van der Waals surface area contributed by atoms with Gasteiger partial charge in [0.1, 0.15) is 0 Å². The molecule has 1 aliphatic carbocycles. The summed E-state index contributed by atoms with van der Waals surface area (Å²) in [5.74, 6) is 0.417. The molecule has 2 aromatic heterocycles. The maximum absolute atomic E-state index is 4.68. The molecule has 0 radical (unpaired) electrons. The predicted molar refractivity (Wildman–Crippen MR) is 85.3 cm³/mol. The molecule has 2 aromatic rings. The summed E-state index contributed by atoms with van der Waals surface area (Å²) in [5.41, 5.74) is 5.18. The van der Waals surface area contributed by atoms with Crippen LogP contribution in [0.2, 0.25) is 0 Å². The molecule has 0 bridgehead atoms. The van der Waals surface area contributed by atoms with Gasteiger partial charge in [0, 0.05) is 24.0 Å². The van der Waals surface area contributed by atoms with Crippen LogP contribution >= 0.6 is 0 Å². The van der Waals surface area contributed by atoms with Crippen LogP contribution in [0.25, 0.3) is 0 Å². The molecule has 0 saturated carbocycles. The Morgan fingerprint density at radius 1 is 1.24 bits per heavy atom. The number of rotatable bonds is 4. The van der Waals surface area contributed by atoms with E-state index < -0.39 is 0 Å². The molecule has 0 amide bonds. The van der Waals surface area contributed by atoms with Crippen molar-refractivity contribution in [3.05, 3.63) is 59.2 Å². The summed E-state index contributed by atoms with van der Waals surface area (Å²) in [6.07, 6.45) is 8.40. The fourth-order valence-corrected chi connectivity index (χ4v) is 3.53. The van der Waals surface area contributed by atoms with E-state index in [9.17, 15) is 0 Å². The lowest BCUT2D eigenvalue weighted by Gasteiger charge is -2.31. The maximum atomic E-state index is 4.68. The van der Waals surface area contributed by atoms with Gasteiger partial charge in [0.15, 0.2) is 0 Å². The van der Waals surface area contributed by atoms with Crippen LogP contribution in [0.1, 0.15) is 54.2 Å². The third-order valence-corrected chi connectivity index (χ3v) is 4.55. The quantitative estimate of drug-likeness (QED) is 0.933. The Kier molecular flexibility index (Phi) is 4.30. The summed E-state index contributed by atoms with van der Waals surface area (Å²) < 4.78 is 0. The van der Waals surface area contributed by atoms with Crippen molar-refractivity contribution in [1.82, 2.24) is 15.3 Å². The highest BCUT2D eigenvalue weighted by molar-refractivity contribution is 5.32. The van der Waals surface area contributed by atoms with E-state index in [0.717, 1.165) is 12.8 Å². The minimum atomic E-state index is 0.245. The van der Waals surface area contributed by atoms with Gasteiger partial charge in [-0.3, -0.25) is 9.97 Å². The summed E-state index contributed by atoms with van der Waals surface area (Å²) in [7, 11) is 2.04. The van der Waals surface area contributed by atoms with Crippen molar-refractivity contribution in [2.24, 2.45) is 0 Å². The summed E-state index contributed by atoms with van der Waals surface area (Å²) in [6.45, 7) is 2.19. The third kappa shape index (κ3) is 2.70. The van der Waals surface area contributed by atoms with Crippen LogP contribution in [0.3, 0.4) is 0 Å². The maximum Gasteiger partial charge on any atom is 0.0611 e. The van der Waals surface area contributed by atoms with Gasteiger partial charge in [0.2, 0.25) is 0 Å². The van der Waals surface area contributed by atoms with Gasteiger partial charge in [0.05, 0.1) is 11.7 Å². The lowest BCUT2D eigenvalue weighted by molar-refractivity contribution is 0.407. The highest BCUT2D eigenvalue weighted by Crippen LogP contribution is 2.39. The number of likely N-dealkylation sites (N-methyl/N-ethyl adjacent to an activating group) is 1. The first-order valence-corrected chi connectivity index (χ1v) is 7.90. The zero-order valence-electron chi connectivity index (χ0n) is 12.8. The molecule has 3 heteroatoms. The van der Waals surface area contributed by atoms with Crippen LogP contribution in [-0.2, 0) is 12.8 Å². The third-order valence-electron chi connectivity index (χ3n) is 4.55. The lowest BCUT2D eigenvalue weighted by Crippen LogP contribution is -2.29. The first-order valence-electron chi connectivity index (χ1n) is 7.90. The van der Waals surface area contributed by atoms with Crippen molar-refractivity contribution >= 4 is 0 Å². The zero-order chi connectivity index (χ0) is 14.7. The van der Waals surface area contributed by atoms with Crippen LogP contribution in [0.4, 0.5) is 0 Å². The molecule has 3 nitrogen and oxygen atoms in total. The minimum absolute atomic E-state index is 0.245. The smallest absolute Gasteiger partial charge is 0.0611 e. The number of aryl methyl sites for hydroxylation is 2. The minimum Gasteiger partial charge on any atom is -0.311 e. The fourth-order valence-electron chi connectivity index (χ4n) is 3.53. The summed E-state index contributed by atoms with van der Waals surface area (Å²) in [5, 5.41) is 3.50. The first-order chi connectivity index (χ1) is 10.3. The molecular formula is C18H23N3. The Balaban J connectivity index is 2.01. The summed E-state index contributed by atoms with van der Waals surface area (Å²) in [6, 6.07) is 8.74. The highest BCUT2D eigenvalue weighted by atomic mass is 14.9. The van der Waals surface area contributed by atoms with E-state index in [4.69, 9.17) is 0 Å². The Morgan fingerprint density at radius 2 is 2.05 bits per heavy atom. The zero-order valence-corrected chi connectivity index (χ0v) is 12.8. The van der Waals surface area contributed by atoms with Gasteiger partial charge in [-0.1, -0.05) is 19.1 Å². The van der Waals surface area contributed by atoms with Crippen LogP contribution in [-0.4, -0.2) is 17.0 Å². The molecule has 3 rings (SSSR count). The van der Waals surface area contributed by atoms with Crippen molar-refractivity contribution in [1.29, 1.82) is 0 Å². The second-order valence-corrected chi connectivity index (χ2v) is 5.71. The molecule has 0 aromatic carbocycles. The monoisotopic (exact) mass is 281 g/mol. The summed E-state index contributed by atoms with van der Waals surface area (Å²) >= 11 is 0. The standard InChI is InChI=1S/C18H23N3/c1-3-13-8-5-12-21-17(13)18(19-2)15-10-4-7-14-9-6-11-20-16(14)15/h5-6,8-9,11-12,15,18-19H,3-4,7,10H2,1-2H3. The number of hydrogen-bond acceptors (Lipinski definition) is 3. The Bertz CT molecular complexity index is 609. The molecule has 1 N–H and O–H groups in total. The van der Waals surface area contributed by atoms with E-state index >= 15 is 0 Å². The molecule has 0 aliphatic heterocycles.